The first kappa shape index (κ1) is 14.6. The minimum Gasteiger partial charge on any atom is -0.487 e. The molecule has 0 spiro atoms. The number of ether oxygens (including phenoxy) is 1. The molecule has 2 aromatic carbocycles. The van der Waals surface area contributed by atoms with Gasteiger partial charge in [0.1, 0.15) is 12.4 Å². The van der Waals surface area contributed by atoms with Crippen LogP contribution >= 0.6 is 34.2 Å². The molecule has 0 saturated carbocycles. The molecular formula is C15H15ClINO. The summed E-state index contributed by atoms with van der Waals surface area (Å²) in [6.07, 6.45) is 0. The molecule has 4 heteroatoms. The first-order chi connectivity index (χ1) is 9.06. The predicted molar refractivity (Wildman–Crippen MR) is 87.5 cm³/mol. The zero-order valence-electron chi connectivity index (χ0n) is 10.6. The summed E-state index contributed by atoms with van der Waals surface area (Å²) in [4.78, 5) is 0. The maximum Gasteiger partial charge on any atom is 0.138 e. The van der Waals surface area contributed by atoms with Crippen LogP contribution in [-0.4, -0.2) is 0 Å². The van der Waals surface area contributed by atoms with E-state index in [2.05, 4.69) is 34.7 Å². The molecule has 0 aliphatic rings. The van der Waals surface area contributed by atoms with Crippen molar-refractivity contribution in [1.82, 2.24) is 0 Å². The van der Waals surface area contributed by atoms with E-state index in [1.807, 2.05) is 37.3 Å². The molecule has 0 saturated heterocycles. The van der Waals surface area contributed by atoms with Crippen LogP contribution in [0, 0.1) is 3.57 Å². The van der Waals surface area contributed by atoms with Gasteiger partial charge in [-0.25, -0.2) is 0 Å². The van der Waals surface area contributed by atoms with Crippen LogP contribution in [0.25, 0.3) is 0 Å². The van der Waals surface area contributed by atoms with Crippen molar-refractivity contribution in [2.45, 2.75) is 19.6 Å². The fourth-order valence-electron chi connectivity index (χ4n) is 1.66. The molecule has 100 valence electrons. The number of benzene rings is 2. The van der Waals surface area contributed by atoms with E-state index in [-0.39, 0.29) is 6.04 Å². The van der Waals surface area contributed by atoms with E-state index in [1.54, 1.807) is 0 Å². The molecule has 2 aromatic rings. The highest BCUT2D eigenvalue weighted by Crippen LogP contribution is 2.28. The highest BCUT2D eigenvalue weighted by molar-refractivity contribution is 14.1. The lowest BCUT2D eigenvalue weighted by molar-refractivity contribution is 0.306. The van der Waals surface area contributed by atoms with Gasteiger partial charge in [-0.1, -0.05) is 29.8 Å². The van der Waals surface area contributed by atoms with Gasteiger partial charge in [-0.15, -0.1) is 0 Å². The molecule has 0 aliphatic carbocycles. The Kier molecular flexibility index (Phi) is 5.07. The largest absolute Gasteiger partial charge is 0.487 e. The monoisotopic (exact) mass is 387 g/mol. The summed E-state index contributed by atoms with van der Waals surface area (Å²) < 4.78 is 6.93. The molecule has 0 amide bonds. The summed E-state index contributed by atoms with van der Waals surface area (Å²) in [6.45, 7) is 2.44. The molecule has 0 aromatic heterocycles. The van der Waals surface area contributed by atoms with Crippen LogP contribution < -0.4 is 10.5 Å². The summed E-state index contributed by atoms with van der Waals surface area (Å²) in [5, 5.41) is 0.598. The average molecular weight is 388 g/mol. The summed E-state index contributed by atoms with van der Waals surface area (Å²) in [6, 6.07) is 13.9. The van der Waals surface area contributed by atoms with Crippen LogP contribution in [0.5, 0.6) is 5.75 Å². The zero-order valence-corrected chi connectivity index (χ0v) is 13.5. The van der Waals surface area contributed by atoms with E-state index >= 15 is 0 Å². The van der Waals surface area contributed by atoms with Gasteiger partial charge < -0.3 is 10.5 Å². The Bertz CT molecular complexity index is 555. The molecule has 2 nitrogen and oxygen atoms in total. The van der Waals surface area contributed by atoms with Crippen molar-refractivity contribution in [1.29, 1.82) is 0 Å². The molecule has 0 radical (unpaired) electrons. The Morgan fingerprint density at radius 2 is 1.89 bits per heavy atom. The SMILES string of the molecule is C[C@H](N)c1ccc(OCc2ccc(I)cc2)c(Cl)c1. The standard InChI is InChI=1S/C15H15ClINO/c1-10(18)12-4-7-15(14(16)8-12)19-9-11-2-5-13(17)6-3-11/h2-8,10H,9,18H2,1H3/t10-/m0/s1. The number of hydrogen-bond acceptors (Lipinski definition) is 2. The smallest absolute Gasteiger partial charge is 0.138 e. The Morgan fingerprint density at radius 1 is 1.21 bits per heavy atom. The third-order valence-corrected chi connectivity index (χ3v) is 3.80. The summed E-state index contributed by atoms with van der Waals surface area (Å²) in [5.41, 5.74) is 7.94. The molecule has 2 rings (SSSR count). The zero-order chi connectivity index (χ0) is 13.8. The third kappa shape index (κ3) is 4.09. The minimum absolute atomic E-state index is 0.0252. The van der Waals surface area contributed by atoms with Gasteiger partial charge in [-0.05, 0) is 64.9 Å². The second-order valence-electron chi connectivity index (χ2n) is 4.39. The predicted octanol–water partition coefficient (Wildman–Crippen LogP) is 4.54. The number of rotatable bonds is 4. The van der Waals surface area contributed by atoms with E-state index in [0.29, 0.717) is 17.4 Å². The highest BCUT2D eigenvalue weighted by Gasteiger charge is 2.06. The van der Waals surface area contributed by atoms with Crippen LogP contribution in [0.4, 0.5) is 0 Å². The molecular weight excluding hydrogens is 373 g/mol. The lowest BCUT2D eigenvalue weighted by Crippen LogP contribution is -2.05. The van der Waals surface area contributed by atoms with Crippen LogP contribution in [0.1, 0.15) is 24.1 Å². The van der Waals surface area contributed by atoms with Crippen molar-refractivity contribution in [3.63, 3.8) is 0 Å². The molecule has 0 bridgehead atoms. The van der Waals surface area contributed by atoms with Gasteiger partial charge in [0.15, 0.2) is 0 Å². The Labute approximate surface area is 132 Å². The maximum atomic E-state index is 6.18. The van der Waals surface area contributed by atoms with Gasteiger partial charge in [0.05, 0.1) is 5.02 Å². The van der Waals surface area contributed by atoms with Crippen molar-refractivity contribution >= 4 is 34.2 Å². The molecule has 0 aliphatic heterocycles. The van der Waals surface area contributed by atoms with Crippen LogP contribution in [-0.2, 0) is 6.61 Å². The van der Waals surface area contributed by atoms with Crippen LogP contribution in [0.2, 0.25) is 5.02 Å². The Morgan fingerprint density at radius 3 is 2.47 bits per heavy atom. The van der Waals surface area contributed by atoms with Crippen molar-refractivity contribution in [2.24, 2.45) is 5.73 Å². The van der Waals surface area contributed by atoms with E-state index in [9.17, 15) is 0 Å². The second kappa shape index (κ2) is 6.59. The van der Waals surface area contributed by atoms with E-state index < -0.39 is 0 Å². The van der Waals surface area contributed by atoms with Crippen molar-refractivity contribution in [3.05, 3.63) is 62.2 Å². The maximum absolute atomic E-state index is 6.18. The normalized spacial score (nSPS) is 12.2. The minimum atomic E-state index is -0.0252. The van der Waals surface area contributed by atoms with E-state index in [4.69, 9.17) is 22.1 Å². The van der Waals surface area contributed by atoms with Crippen LogP contribution in [0.3, 0.4) is 0 Å². The van der Waals surface area contributed by atoms with Gasteiger partial charge >= 0.3 is 0 Å². The third-order valence-electron chi connectivity index (χ3n) is 2.79. The summed E-state index contributed by atoms with van der Waals surface area (Å²) in [5.74, 6) is 0.685. The van der Waals surface area contributed by atoms with Gasteiger partial charge in [-0.3, -0.25) is 0 Å². The molecule has 2 N–H and O–H groups in total. The first-order valence-electron chi connectivity index (χ1n) is 5.98. The lowest BCUT2D eigenvalue weighted by Gasteiger charge is -2.11. The second-order valence-corrected chi connectivity index (χ2v) is 6.05. The fraction of sp³-hybridized carbons (Fsp3) is 0.200. The number of hydrogen-bond donors (Lipinski definition) is 1. The number of halogens is 2. The van der Waals surface area contributed by atoms with Crippen LogP contribution in [0.15, 0.2) is 42.5 Å². The molecule has 0 unspecified atom stereocenters. The highest BCUT2D eigenvalue weighted by atomic mass is 127. The fourth-order valence-corrected chi connectivity index (χ4v) is 2.26. The quantitative estimate of drug-likeness (QED) is 0.782. The van der Waals surface area contributed by atoms with Crippen molar-refractivity contribution in [2.75, 3.05) is 0 Å². The topological polar surface area (TPSA) is 35.2 Å². The van der Waals surface area contributed by atoms with Gasteiger partial charge in [0.25, 0.3) is 0 Å². The molecule has 19 heavy (non-hydrogen) atoms. The lowest BCUT2D eigenvalue weighted by atomic mass is 10.1. The van der Waals surface area contributed by atoms with Gasteiger partial charge in [0.2, 0.25) is 0 Å². The average Bonchev–Trinajstić information content (AvgIpc) is 2.39. The summed E-state index contributed by atoms with van der Waals surface area (Å²) >= 11 is 8.46. The van der Waals surface area contributed by atoms with Gasteiger partial charge in [0, 0.05) is 9.61 Å². The Hall–Kier alpha value is -0.780. The molecule has 1 atom stereocenters. The number of nitrogens with two attached hydrogens (primary N) is 1. The summed E-state index contributed by atoms with van der Waals surface area (Å²) in [7, 11) is 0. The van der Waals surface area contributed by atoms with Gasteiger partial charge in [-0.2, -0.15) is 0 Å². The molecule has 0 fully saturated rings. The first-order valence-corrected chi connectivity index (χ1v) is 7.44. The van der Waals surface area contributed by atoms with Crippen molar-refractivity contribution < 1.29 is 4.74 Å². The Balaban J connectivity index is 2.05. The van der Waals surface area contributed by atoms with E-state index in [0.717, 1.165) is 11.1 Å². The van der Waals surface area contributed by atoms with E-state index in [1.165, 1.54) is 3.57 Å². The molecule has 0 heterocycles. The van der Waals surface area contributed by atoms with Crippen molar-refractivity contribution in [3.8, 4) is 5.75 Å².